The Morgan fingerprint density at radius 1 is 1.32 bits per heavy atom. The summed E-state index contributed by atoms with van der Waals surface area (Å²) in [5.74, 6) is 0.868. The van der Waals surface area contributed by atoms with Gasteiger partial charge in [-0.15, -0.1) is 0 Å². The van der Waals surface area contributed by atoms with Gasteiger partial charge in [0.1, 0.15) is 0 Å². The van der Waals surface area contributed by atoms with Gasteiger partial charge in [0.05, 0.1) is 5.75 Å². The highest BCUT2D eigenvalue weighted by molar-refractivity contribution is 7.92. The van der Waals surface area contributed by atoms with Crippen molar-refractivity contribution >= 4 is 15.7 Å². The van der Waals surface area contributed by atoms with E-state index in [9.17, 15) is 8.42 Å². The topological polar surface area (TPSA) is 49.4 Å². The fourth-order valence-electron chi connectivity index (χ4n) is 2.06. The summed E-state index contributed by atoms with van der Waals surface area (Å²) in [6.45, 7) is 0.803. The van der Waals surface area contributed by atoms with Crippen LogP contribution in [0.25, 0.3) is 0 Å². The molecule has 0 radical (unpaired) electrons. The van der Waals surface area contributed by atoms with Gasteiger partial charge in [-0.3, -0.25) is 4.72 Å². The molecule has 0 spiro atoms. The van der Waals surface area contributed by atoms with Gasteiger partial charge in [-0.25, -0.2) is 8.42 Å². The van der Waals surface area contributed by atoms with Crippen molar-refractivity contribution in [3.05, 3.63) is 29.8 Å². The third-order valence-electron chi connectivity index (χ3n) is 3.19. The Kier molecular flexibility index (Phi) is 4.47. The van der Waals surface area contributed by atoms with Crippen molar-refractivity contribution in [2.24, 2.45) is 5.92 Å². The molecule has 1 N–H and O–H groups in total. The lowest BCUT2D eigenvalue weighted by Crippen LogP contribution is -2.17. The largest absolute Gasteiger partial charge is 0.305 e. The normalized spacial score (nSPS) is 15.7. The SMILES string of the molecule is CN(C)Cc1cccc(NS(=O)(=O)CCC2CC2)c1. The molecule has 0 amide bonds. The summed E-state index contributed by atoms with van der Waals surface area (Å²) >= 11 is 0. The Hall–Kier alpha value is -1.07. The van der Waals surface area contributed by atoms with Crippen molar-refractivity contribution in [2.75, 3.05) is 24.6 Å². The van der Waals surface area contributed by atoms with Crippen LogP contribution >= 0.6 is 0 Å². The predicted molar refractivity (Wildman–Crippen MR) is 78.6 cm³/mol. The first-order valence-corrected chi connectivity index (χ1v) is 8.34. The smallest absolute Gasteiger partial charge is 0.232 e. The number of nitrogens with zero attached hydrogens (tertiary/aromatic N) is 1. The quantitative estimate of drug-likeness (QED) is 0.835. The third kappa shape index (κ3) is 5.20. The lowest BCUT2D eigenvalue weighted by atomic mass is 10.2. The summed E-state index contributed by atoms with van der Waals surface area (Å²) in [5.41, 5.74) is 1.77. The standard InChI is InChI=1S/C14H22N2O2S/c1-16(2)11-13-4-3-5-14(10-13)15-19(17,18)9-8-12-6-7-12/h3-5,10,12,15H,6-9,11H2,1-2H3. The van der Waals surface area contributed by atoms with Crippen LogP contribution in [-0.2, 0) is 16.6 Å². The van der Waals surface area contributed by atoms with Crippen molar-refractivity contribution in [1.82, 2.24) is 4.90 Å². The first-order valence-electron chi connectivity index (χ1n) is 6.69. The molecule has 1 aliphatic rings. The van der Waals surface area contributed by atoms with Crippen molar-refractivity contribution in [1.29, 1.82) is 0 Å². The highest BCUT2D eigenvalue weighted by Gasteiger charge is 2.23. The van der Waals surface area contributed by atoms with Gasteiger partial charge >= 0.3 is 0 Å². The zero-order chi connectivity index (χ0) is 13.9. The third-order valence-corrected chi connectivity index (χ3v) is 4.51. The highest BCUT2D eigenvalue weighted by atomic mass is 32.2. The van der Waals surface area contributed by atoms with Crippen LogP contribution in [0.4, 0.5) is 5.69 Å². The Morgan fingerprint density at radius 3 is 2.68 bits per heavy atom. The lowest BCUT2D eigenvalue weighted by molar-refractivity contribution is 0.402. The van der Waals surface area contributed by atoms with E-state index in [-0.39, 0.29) is 5.75 Å². The molecule has 106 valence electrons. The van der Waals surface area contributed by atoms with Crippen molar-refractivity contribution < 1.29 is 8.42 Å². The van der Waals surface area contributed by atoms with Gasteiger partial charge in [-0.2, -0.15) is 0 Å². The summed E-state index contributed by atoms with van der Waals surface area (Å²) in [6.07, 6.45) is 3.16. The molecule has 1 fully saturated rings. The van der Waals surface area contributed by atoms with Crippen LogP contribution in [0.15, 0.2) is 24.3 Å². The Morgan fingerprint density at radius 2 is 2.05 bits per heavy atom. The fraction of sp³-hybridized carbons (Fsp3) is 0.571. The number of anilines is 1. The number of hydrogen-bond donors (Lipinski definition) is 1. The number of sulfonamides is 1. The second-order valence-electron chi connectivity index (χ2n) is 5.59. The molecule has 0 unspecified atom stereocenters. The van der Waals surface area contributed by atoms with E-state index in [1.54, 1.807) is 6.07 Å². The zero-order valence-corrected chi connectivity index (χ0v) is 12.4. The summed E-state index contributed by atoms with van der Waals surface area (Å²) < 4.78 is 26.6. The van der Waals surface area contributed by atoms with Crippen molar-refractivity contribution in [2.45, 2.75) is 25.8 Å². The van der Waals surface area contributed by atoms with E-state index in [1.165, 1.54) is 12.8 Å². The maximum absolute atomic E-state index is 11.9. The van der Waals surface area contributed by atoms with E-state index in [4.69, 9.17) is 0 Å². The second kappa shape index (κ2) is 5.92. The number of nitrogens with one attached hydrogen (secondary N) is 1. The van der Waals surface area contributed by atoms with Gasteiger partial charge in [-0.05, 0) is 44.1 Å². The minimum atomic E-state index is -3.20. The van der Waals surface area contributed by atoms with Gasteiger partial charge in [0, 0.05) is 12.2 Å². The number of hydrogen-bond acceptors (Lipinski definition) is 3. The summed E-state index contributed by atoms with van der Waals surface area (Å²) in [4.78, 5) is 2.06. The van der Waals surface area contributed by atoms with Gasteiger partial charge in [0.25, 0.3) is 0 Å². The van der Waals surface area contributed by atoms with Crippen LogP contribution in [-0.4, -0.2) is 33.2 Å². The fourth-order valence-corrected chi connectivity index (χ4v) is 3.29. The minimum Gasteiger partial charge on any atom is -0.305 e. The van der Waals surface area contributed by atoms with Gasteiger partial charge in [-0.1, -0.05) is 25.0 Å². The summed E-state index contributed by atoms with van der Waals surface area (Å²) in [6, 6.07) is 7.59. The highest BCUT2D eigenvalue weighted by Crippen LogP contribution is 2.32. The molecule has 0 aromatic heterocycles. The van der Waals surface area contributed by atoms with E-state index in [2.05, 4.69) is 9.62 Å². The van der Waals surface area contributed by atoms with Gasteiger partial charge in [0.2, 0.25) is 10.0 Å². The Bertz CT molecular complexity index is 522. The maximum Gasteiger partial charge on any atom is 0.232 e. The molecule has 1 aromatic carbocycles. The number of benzene rings is 1. The molecule has 5 heteroatoms. The predicted octanol–water partition coefficient (Wildman–Crippen LogP) is 2.29. The summed E-state index contributed by atoms with van der Waals surface area (Å²) in [5, 5.41) is 0. The zero-order valence-electron chi connectivity index (χ0n) is 11.6. The first kappa shape index (κ1) is 14.3. The van der Waals surface area contributed by atoms with E-state index < -0.39 is 10.0 Å². The second-order valence-corrected chi connectivity index (χ2v) is 7.43. The summed E-state index contributed by atoms with van der Waals surface area (Å²) in [7, 11) is 0.787. The van der Waals surface area contributed by atoms with Gasteiger partial charge in [0.15, 0.2) is 0 Å². The van der Waals surface area contributed by atoms with Crippen LogP contribution in [0, 0.1) is 5.92 Å². The molecule has 1 aliphatic carbocycles. The maximum atomic E-state index is 11.9. The van der Waals surface area contributed by atoms with E-state index in [0.717, 1.165) is 18.5 Å². The molecular formula is C14H22N2O2S. The van der Waals surface area contributed by atoms with Crippen molar-refractivity contribution in [3.63, 3.8) is 0 Å². The minimum absolute atomic E-state index is 0.232. The van der Waals surface area contributed by atoms with Crippen LogP contribution in [0.5, 0.6) is 0 Å². The molecular weight excluding hydrogens is 260 g/mol. The molecule has 0 bridgehead atoms. The van der Waals surface area contributed by atoms with E-state index >= 15 is 0 Å². The molecule has 0 saturated heterocycles. The molecule has 0 heterocycles. The molecule has 2 rings (SSSR count). The first-order chi connectivity index (χ1) is 8.94. The Balaban J connectivity index is 1.96. The average molecular weight is 282 g/mol. The Labute approximate surface area is 115 Å². The molecule has 1 saturated carbocycles. The number of rotatable bonds is 7. The van der Waals surface area contributed by atoms with Crippen LogP contribution in [0.3, 0.4) is 0 Å². The molecule has 0 aliphatic heterocycles. The van der Waals surface area contributed by atoms with Crippen LogP contribution in [0.1, 0.15) is 24.8 Å². The van der Waals surface area contributed by atoms with Gasteiger partial charge < -0.3 is 4.90 Å². The van der Waals surface area contributed by atoms with Crippen molar-refractivity contribution in [3.8, 4) is 0 Å². The van der Waals surface area contributed by atoms with Crippen LogP contribution < -0.4 is 4.72 Å². The monoisotopic (exact) mass is 282 g/mol. The molecule has 4 nitrogen and oxygen atoms in total. The lowest BCUT2D eigenvalue weighted by Gasteiger charge is -2.12. The van der Waals surface area contributed by atoms with E-state index in [0.29, 0.717) is 11.6 Å². The average Bonchev–Trinajstić information content (AvgIpc) is 3.09. The molecule has 19 heavy (non-hydrogen) atoms. The van der Waals surface area contributed by atoms with Crippen LogP contribution in [0.2, 0.25) is 0 Å². The van der Waals surface area contributed by atoms with E-state index in [1.807, 2.05) is 32.3 Å². The molecule has 0 atom stereocenters. The molecule has 1 aromatic rings.